The van der Waals surface area contributed by atoms with Gasteiger partial charge in [-0.3, -0.25) is 4.79 Å². The Labute approximate surface area is 97.8 Å². The van der Waals surface area contributed by atoms with Gasteiger partial charge in [0, 0.05) is 6.17 Å². The van der Waals surface area contributed by atoms with Gasteiger partial charge in [0.05, 0.1) is 8.07 Å². The van der Waals surface area contributed by atoms with Crippen LogP contribution in [0, 0.1) is 0 Å². The third-order valence-corrected chi connectivity index (χ3v) is 3.17. The van der Waals surface area contributed by atoms with Crippen LogP contribution < -0.4 is 10.1 Å². The minimum absolute atomic E-state index is 0.0497. The second-order valence-corrected chi connectivity index (χ2v) is 10.4. The number of para-hydroxylation sites is 1. The van der Waals surface area contributed by atoms with Crippen LogP contribution >= 0.6 is 0 Å². The summed E-state index contributed by atoms with van der Waals surface area (Å²) < 4.78 is 5.34. The van der Waals surface area contributed by atoms with E-state index in [0.29, 0.717) is 0 Å². The summed E-state index contributed by atoms with van der Waals surface area (Å²) in [6, 6.07) is 9.36. The Hall–Kier alpha value is -1.29. The van der Waals surface area contributed by atoms with Crippen molar-refractivity contribution in [2.24, 2.45) is 0 Å². The Morgan fingerprint density at radius 1 is 1.25 bits per heavy atom. The number of nitrogens with one attached hydrogen (secondary N) is 1. The molecule has 0 aliphatic carbocycles. The lowest BCUT2D eigenvalue weighted by atomic mass is 10.3. The summed E-state index contributed by atoms with van der Waals surface area (Å²) in [6.45, 7) is 6.73. The third kappa shape index (κ3) is 5.55. The van der Waals surface area contributed by atoms with E-state index in [9.17, 15) is 4.79 Å². The normalized spacial score (nSPS) is 10.9. The van der Waals surface area contributed by atoms with E-state index in [2.05, 4.69) is 25.0 Å². The van der Waals surface area contributed by atoms with Crippen molar-refractivity contribution in [3.63, 3.8) is 0 Å². The van der Waals surface area contributed by atoms with E-state index in [0.717, 1.165) is 11.9 Å². The van der Waals surface area contributed by atoms with Gasteiger partial charge < -0.3 is 10.1 Å². The molecule has 1 amide bonds. The monoisotopic (exact) mass is 237 g/mol. The maximum atomic E-state index is 11.4. The Bertz CT molecular complexity index is 333. The average Bonchev–Trinajstić information content (AvgIpc) is 2.24. The summed E-state index contributed by atoms with van der Waals surface area (Å²) in [5.74, 6) is 0.678. The van der Waals surface area contributed by atoms with Gasteiger partial charge in [0.15, 0.2) is 6.61 Å². The van der Waals surface area contributed by atoms with Crippen molar-refractivity contribution < 1.29 is 9.53 Å². The minimum Gasteiger partial charge on any atom is -0.484 e. The zero-order valence-corrected chi connectivity index (χ0v) is 11.1. The molecule has 88 valence electrons. The summed E-state index contributed by atoms with van der Waals surface area (Å²) in [5.41, 5.74) is 0. The molecule has 1 aromatic rings. The molecule has 0 radical (unpaired) electrons. The van der Waals surface area contributed by atoms with E-state index in [4.69, 9.17) is 4.74 Å². The van der Waals surface area contributed by atoms with Crippen molar-refractivity contribution in [1.82, 2.24) is 5.32 Å². The Morgan fingerprint density at radius 3 is 2.44 bits per heavy atom. The number of ether oxygens (including phenoxy) is 1. The van der Waals surface area contributed by atoms with Crippen molar-refractivity contribution in [3.05, 3.63) is 30.3 Å². The molecule has 0 fully saturated rings. The Balaban J connectivity index is 2.26. The van der Waals surface area contributed by atoms with Gasteiger partial charge >= 0.3 is 0 Å². The van der Waals surface area contributed by atoms with Gasteiger partial charge in [0.25, 0.3) is 5.91 Å². The van der Waals surface area contributed by atoms with Gasteiger partial charge in [-0.25, -0.2) is 0 Å². The van der Waals surface area contributed by atoms with Crippen LogP contribution in [-0.4, -0.2) is 26.8 Å². The molecular weight excluding hydrogens is 218 g/mol. The first-order chi connectivity index (χ1) is 7.47. The number of carbonyl (C=O) groups excluding carboxylic acids is 1. The second kappa shape index (κ2) is 5.70. The molecule has 3 nitrogen and oxygen atoms in total. The first-order valence-electron chi connectivity index (χ1n) is 5.42. The summed E-state index contributed by atoms with van der Waals surface area (Å²) in [7, 11) is -1.22. The predicted molar refractivity (Wildman–Crippen MR) is 68.3 cm³/mol. The van der Waals surface area contributed by atoms with Crippen LogP contribution in [0.5, 0.6) is 5.75 Å². The van der Waals surface area contributed by atoms with Crippen LogP contribution in [-0.2, 0) is 4.79 Å². The van der Waals surface area contributed by atoms with Crippen molar-refractivity contribution in [2.45, 2.75) is 19.6 Å². The molecular formula is C12H19NO2Si. The number of amides is 1. The van der Waals surface area contributed by atoms with Gasteiger partial charge in [-0.15, -0.1) is 0 Å². The highest BCUT2D eigenvalue weighted by molar-refractivity contribution is 6.76. The topological polar surface area (TPSA) is 38.3 Å². The van der Waals surface area contributed by atoms with Gasteiger partial charge in [0.1, 0.15) is 5.75 Å². The number of carbonyl (C=O) groups is 1. The van der Waals surface area contributed by atoms with Gasteiger partial charge in [0.2, 0.25) is 0 Å². The standard InChI is InChI=1S/C12H19NO2Si/c1-16(2,3)10-13-12(14)9-15-11-7-5-4-6-8-11/h4-8H,9-10H2,1-3H3,(H,13,14). The highest BCUT2D eigenvalue weighted by Gasteiger charge is 2.14. The van der Waals surface area contributed by atoms with Gasteiger partial charge in [-0.2, -0.15) is 0 Å². The number of benzene rings is 1. The maximum Gasteiger partial charge on any atom is 0.257 e. The lowest BCUT2D eigenvalue weighted by Gasteiger charge is -2.16. The van der Waals surface area contributed by atoms with Crippen molar-refractivity contribution in [2.75, 3.05) is 12.8 Å². The highest BCUT2D eigenvalue weighted by atomic mass is 28.3. The van der Waals surface area contributed by atoms with Crippen molar-refractivity contribution in [1.29, 1.82) is 0 Å². The van der Waals surface area contributed by atoms with Crippen LogP contribution in [0.1, 0.15) is 0 Å². The van der Waals surface area contributed by atoms with Crippen LogP contribution in [0.25, 0.3) is 0 Å². The quantitative estimate of drug-likeness (QED) is 0.796. The van der Waals surface area contributed by atoms with Crippen LogP contribution in [0.2, 0.25) is 19.6 Å². The maximum absolute atomic E-state index is 11.4. The Morgan fingerprint density at radius 2 is 1.88 bits per heavy atom. The van der Waals surface area contributed by atoms with Gasteiger partial charge in [-0.05, 0) is 12.1 Å². The van der Waals surface area contributed by atoms with Crippen LogP contribution in [0.15, 0.2) is 30.3 Å². The fraction of sp³-hybridized carbons (Fsp3) is 0.417. The SMILES string of the molecule is C[Si](C)(C)CNC(=O)COc1ccccc1. The zero-order chi connectivity index (χ0) is 12.0. The fourth-order valence-electron chi connectivity index (χ4n) is 1.08. The summed E-state index contributed by atoms with van der Waals surface area (Å²) >= 11 is 0. The largest absolute Gasteiger partial charge is 0.484 e. The zero-order valence-electron chi connectivity index (χ0n) is 10.1. The average molecular weight is 237 g/mol. The van der Waals surface area contributed by atoms with E-state index in [1.165, 1.54) is 0 Å². The second-order valence-electron chi connectivity index (χ2n) is 4.94. The number of rotatable bonds is 5. The minimum atomic E-state index is -1.22. The molecule has 1 aromatic carbocycles. The molecule has 0 saturated carbocycles. The van der Waals surface area contributed by atoms with Gasteiger partial charge in [-0.1, -0.05) is 37.8 Å². The molecule has 1 rings (SSSR count). The highest BCUT2D eigenvalue weighted by Crippen LogP contribution is 2.07. The first-order valence-corrected chi connectivity index (χ1v) is 9.13. The number of hydrogen-bond donors (Lipinski definition) is 1. The van der Waals surface area contributed by atoms with E-state index >= 15 is 0 Å². The summed E-state index contributed by atoms with van der Waals surface area (Å²) in [5, 5.41) is 2.89. The molecule has 0 aliphatic heterocycles. The molecule has 0 spiro atoms. The number of hydrogen-bond acceptors (Lipinski definition) is 2. The molecule has 0 saturated heterocycles. The van der Waals surface area contributed by atoms with Crippen LogP contribution in [0.4, 0.5) is 0 Å². The molecule has 0 unspecified atom stereocenters. The van der Waals surface area contributed by atoms with E-state index < -0.39 is 8.07 Å². The van der Waals surface area contributed by atoms with E-state index in [1.807, 2.05) is 30.3 Å². The summed E-state index contributed by atoms with van der Waals surface area (Å²) in [6.07, 6.45) is 0.796. The molecule has 0 aliphatic rings. The molecule has 0 aromatic heterocycles. The van der Waals surface area contributed by atoms with E-state index in [1.54, 1.807) is 0 Å². The van der Waals surface area contributed by atoms with Crippen molar-refractivity contribution >= 4 is 14.0 Å². The third-order valence-electron chi connectivity index (χ3n) is 1.93. The van der Waals surface area contributed by atoms with Crippen molar-refractivity contribution in [3.8, 4) is 5.75 Å². The van der Waals surface area contributed by atoms with Crippen LogP contribution in [0.3, 0.4) is 0 Å². The Kier molecular flexibility index (Phi) is 4.55. The summed E-state index contributed by atoms with van der Waals surface area (Å²) in [4.78, 5) is 11.4. The smallest absolute Gasteiger partial charge is 0.257 e. The first kappa shape index (κ1) is 12.8. The molecule has 16 heavy (non-hydrogen) atoms. The molecule has 1 N–H and O–H groups in total. The molecule has 0 atom stereocenters. The van der Waals surface area contributed by atoms with E-state index in [-0.39, 0.29) is 12.5 Å². The lowest BCUT2D eigenvalue weighted by molar-refractivity contribution is -0.122. The predicted octanol–water partition coefficient (Wildman–Crippen LogP) is 2.06. The molecule has 0 bridgehead atoms. The molecule has 0 heterocycles. The lowest BCUT2D eigenvalue weighted by Crippen LogP contribution is -2.41. The fourth-order valence-corrected chi connectivity index (χ4v) is 1.81. The molecule has 4 heteroatoms.